The molecule has 8 saturated carbocycles. The predicted molar refractivity (Wildman–Crippen MR) is 301 cm³/mol. The van der Waals surface area contributed by atoms with Crippen LogP contribution in [0.1, 0.15) is 196 Å². The molecule has 0 saturated heterocycles. The fraction of sp³-hybridized carbons (Fsp3) is 0.900. The molecule has 0 aromatic rings. The zero-order valence-electron chi connectivity index (χ0n) is 48.6. The van der Waals surface area contributed by atoms with Crippen LogP contribution in [0, 0.1) is 80.8 Å². The van der Waals surface area contributed by atoms with E-state index in [-0.39, 0.29) is 111 Å². The first-order valence-electron chi connectivity index (χ1n) is 27.6. The summed E-state index contributed by atoms with van der Waals surface area (Å²) in [6.45, 7) is 39.0. The van der Waals surface area contributed by atoms with Crippen molar-refractivity contribution in [1.82, 2.24) is 0 Å². The van der Waals surface area contributed by atoms with Crippen molar-refractivity contribution < 1.29 is 64.7 Å². The van der Waals surface area contributed by atoms with E-state index in [2.05, 4.69) is 121 Å². The van der Waals surface area contributed by atoms with Gasteiger partial charge in [0.15, 0.2) is 22.4 Å². The molecule has 8 fully saturated rings. The van der Waals surface area contributed by atoms with Crippen LogP contribution < -0.4 is 29.6 Å². The average molecular weight is 1030 g/mol. The number of hydrogen-bond donors (Lipinski definition) is 3. The van der Waals surface area contributed by atoms with E-state index < -0.39 is 16.6 Å². The van der Waals surface area contributed by atoms with E-state index in [9.17, 15) is 19.8 Å². The number of aliphatic hydroxyl groups excluding tert-OH is 3. The number of carbonyl (C=O) groups is 2. The van der Waals surface area contributed by atoms with Gasteiger partial charge in [-0.15, -0.1) is 0 Å². The van der Waals surface area contributed by atoms with Gasteiger partial charge in [0.1, 0.15) is 12.4 Å². The Bertz CT molecular complexity index is 1850. The van der Waals surface area contributed by atoms with Crippen LogP contribution in [-0.4, -0.2) is 84.0 Å². The van der Waals surface area contributed by atoms with E-state index in [0.717, 1.165) is 19.3 Å². The topological polar surface area (TPSA) is 113 Å². The van der Waals surface area contributed by atoms with Crippen LogP contribution in [0.5, 0.6) is 0 Å². The molecule has 8 rings (SSSR count). The fourth-order valence-electron chi connectivity index (χ4n) is 15.8. The van der Waals surface area contributed by atoms with Crippen LogP contribution in [0.4, 0.5) is 0 Å². The van der Waals surface area contributed by atoms with Gasteiger partial charge in [-0.1, -0.05) is 121 Å². The largest absolute Gasteiger partial charge is 1.00 e. The third-order valence-electron chi connectivity index (χ3n) is 22.0. The maximum absolute atomic E-state index is 13.7. The molecule has 8 aliphatic rings. The van der Waals surface area contributed by atoms with Crippen LogP contribution in [-0.2, 0) is 18.4 Å². The smallest absolute Gasteiger partial charge is 1.00 e. The molecule has 405 valence electrons. The molecule has 0 aromatic carbocycles. The number of Topliss-reactive ketones (excluding diaryl/α,β-unsaturated/α-hetero) is 1. The Morgan fingerprint density at radius 2 is 1.21 bits per heavy atom. The first-order valence-corrected chi connectivity index (χ1v) is 33.4. The first-order chi connectivity index (χ1) is 31.0. The normalized spacial score (nSPS) is 39.7. The summed E-state index contributed by atoms with van der Waals surface area (Å²) in [5.41, 5.74) is 3.73. The van der Waals surface area contributed by atoms with Crippen molar-refractivity contribution in [2.24, 2.45) is 80.8 Å². The van der Waals surface area contributed by atoms with Crippen molar-refractivity contribution in [3.63, 3.8) is 0 Å². The molecular formula is C60H111BNaO7Si2. The van der Waals surface area contributed by atoms with Gasteiger partial charge in [-0.05, 0) is 197 Å². The van der Waals surface area contributed by atoms with E-state index in [1.54, 1.807) is 18.1 Å². The molecule has 11 heteroatoms. The van der Waals surface area contributed by atoms with Crippen LogP contribution in [0.25, 0.3) is 0 Å². The molecule has 0 bridgehead atoms. The Hall–Kier alpha value is 0.119. The Kier molecular flexibility index (Phi) is 23.1. The molecule has 3 N–H and O–H groups in total. The Balaban J connectivity index is 0.000000640. The van der Waals surface area contributed by atoms with Gasteiger partial charge >= 0.3 is 29.6 Å². The number of allylic oxidation sites excluding steroid dienone is 4. The molecule has 0 spiro atoms. The van der Waals surface area contributed by atoms with E-state index in [4.69, 9.17) is 14.0 Å². The van der Waals surface area contributed by atoms with Gasteiger partial charge in [-0.25, -0.2) is 0 Å². The maximum atomic E-state index is 13.7. The molecule has 0 heterocycles. The van der Waals surface area contributed by atoms with Gasteiger partial charge in [-0.2, -0.15) is 0 Å². The predicted octanol–water partition coefficient (Wildman–Crippen LogP) is 11.5. The van der Waals surface area contributed by atoms with E-state index in [0.29, 0.717) is 71.1 Å². The molecule has 0 aliphatic heterocycles. The van der Waals surface area contributed by atoms with E-state index >= 15 is 0 Å². The first kappa shape index (κ1) is 67.2. The summed E-state index contributed by atoms with van der Waals surface area (Å²) in [4.78, 5) is 25.2. The Morgan fingerprint density at radius 1 is 0.746 bits per heavy atom. The number of aldehydes is 1. The van der Waals surface area contributed by atoms with Gasteiger partial charge in [-0.3, -0.25) is 4.79 Å². The Morgan fingerprint density at radius 3 is 1.69 bits per heavy atom. The van der Waals surface area contributed by atoms with Crippen LogP contribution in [0.15, 0.2) is 23.3 Å². The van der Waals surface area contributed by atoms with Crippen LogP contribution in [0.2, 0.25) is 36.3 Å². The number of carbonyl (C=O) groups excluding carboxylic acids is 2. The van der Waals surface area contributed by atoms with Crippen LogP contribution >= 0.6 is 0 Å². The molecular weight excluding hydrogens is 923 g/mol. The van der Waals surface area contributed by atoms with Gasteiger partial charge in [0.25, 0.3) is 0 Å². The molecule has 8 aliphatic carbocycles. The molecule has 3 unspecified atom stereocenters. The third-order valence-corrected chi connectivity index (χ3v) is 31.0. The molecule has 0 aromatic heterocycles. The standard InChI is InChI=1S/C28H50O3Si.C28H46O3Si.C2H6O.2CH4.B.Na.H/c2*1-18(17-29)22-11-12-23-20(10-9-13-27(22,23)6)14-19(2)28-16-21(28)15-24(25(28)30)31-32(7,8)26(3,4)5;1-2-3;;;;;/h14,18-19,21-25,29-30H,9-13,15-17H2,1-8H3;14,17-19,21-24H,9-13,15-16H2,1-8H3;3H,2H2,1H3;2*1H4;;;/q;;;;;;+1;-1/b2*20-14+;;;;;;/t18-,19-,21?,22-,23+,24+,25?,27-,28-;18-,19-,21?,22-,23+,24+,27-,28-;;;;;;/m11....../s1. The number of fused-ring (bicyclic) bond motifs is 4. The second-order valence-electron chi connectivity index (χ2n) is 27.7. The van der Waals surface area contributed by atoms with Crippen LogP contribution in [0.3, 0.4) is 0 Å². The molecule has 0 amide bonds. The SMILES string of the molecule is C.C.CCO.C[C@H](C=O)[C@H]1CC[C@H]2/C(=C/[C@@H](C)[C@]34CC3C[C@H](O[Si](C)(C)C(C)(C)C)C4=O)CCC[C@]12C.C[C@H](CO)[C@H]1CC[C@H]2/C(=C/[C@@H](C)[C@]34CC3C[C@H](O[Si](C)(C)C(C)(C)C)C4O)CCC[C@]12C.[B].[H-].[Na+]. The van der Waals surface area contributed by atoms with Gasteiger partial charge in [0.2, 0.25) is 0 Å². The van der Waals surface area contributed by atoms with Crippen molar-refractivity contribution in [3.8, 4) is 0 Å². The second kappa shape index (κ2) is 24.4. The zero-order valence-corrected chi connectivity index (χ0v) is 51.6. The minimum Gasteiger partial charge on any atom is -1.00 e. The average Bonchev–Trinajstić information content (AvgIpc) is 3.97. The van der Waals surface area contributed by atoms with Crippen molar-refractivity contribution in [2.45, 2.75) is 249 Å². The third kappa shape index (κ3) is 12.4. The summed E-state index contributed by atoms with van der Waals surface area (Å²) >= 11 is 0. The van der Waals surface area contributed by atoms with Crippen molar-refractivity contribution in [1.29, 1.82) is 0 Å². The van der Waals surface area contributed by atoms with E-state index in [1.165, 1.54) is 76.9 Å². The maximum Gasteiger partial charge on any atom is 1.00 e. The van der Waals surface area contributed by atoms with E-state index in [1.807, 2.05) is 0 Å². The monoisotopic (exact) mass is 1030 g/mol. The van der Waals surface area contributed by atoms with Crippen molar-refractivity contribution >= 4 is 37.1 Å². The summed E-state index contributed by atoms with van der Waals surface area (Å²) in [5.74, 6) is 5.21. The number of rotatable bonds is 12. The summed E-state index contributed by atoms with van der Waals surface area (Å²) in [6.07, 6.45) is 22.3. The summed E-state index contributed by atoms with van der Waals surface area (Å²) in [7, 11) is -3.82. The summed E-state index contributed by atoms with van der Waals surface area (Å²) in [5, 5.41) is 29.2. The van der Waals surface area contributed by atoms with Gasteiger partial charge in [0.05, 0.1) is 12.2 Å². The molecule has 3 radical (unpaired) electrons. The molecule has 71 heavy (non-hydrogen) atoms. The fourth-order valence-corrected chi connectivity index (χ4v) is 18.4. The minimum absolute atomic E-state index is 0. The van der Waals surface area contributed by atoms with Gasteiger partial charge < -0.3 is 30.4 Å². The zero-order chi connectivity index (χ0) is 50.1. The Labute approximate surface area is 465 Å². The quantitative estimate of drug-likeness (QED) is 0.101. The molecule has 7 nitrogen and oxygen atoms in total. The number of ketones is 1. The van der Waals surface area contributed by atoms with Crippen molar-refractivity contribution in [2.75, 3.05) is 13.2 Å². The summed E-state index contributed by atoms with van der Waals surface area (Å²) < 4.78 is 13.3. The number of aliphatic hydroxyl groups is 3. The second-order valence-corrected chi connectivity index (χ2v) is 37.3. The summed E-state index contributed by atoms with van der Waals surface area (Å²) in [6, 6.07) is 0. The minimum atomic E-state index is -1.95. The van der Waals surface area contributed by atoms with Gasteiger partial charge in [0, 0.05) is 38.4 Å². The molecule has 17 atom stereocenters. The number of hydrogen-bond acceptors (Lipinski definition) is 7. The van der Waals surface area contributed by atoms with Crippen molar-refractivity contribution in [3.05, 3.63) is 23.3 Å².